The number of ether oxygens (including phenoxy) is 2. The summed E-state index contributed by atoms with van der Waals surface area (Å²) in [4.78, 5) is 11.8. The van der Waals surface area contributed by atoms with E-state index in [1.807, 2.05) is 24.3 Å². The maximum Gasteiger partial charge on any atom is 0.249 e. The molecule has 0 saturated carbocycles. The highest BCUT2D eigenvalue weighted by Gasteiger charge is 2.21. The first-order chi connectivity index (χ1) is 8.79. The molecular weight excluding hydrogens is 230 g/mol. The molecule has 1 aromatic rings. The highest BCUT2D eigenvalue weighted by atomic mass is 16.5. The number of carbonyl (C=O) groups excluding carboxylic acids is 1. The molecule has 98 valence electrons. The number of hydrogen-bond donors (Lipinski definition) is 1. The molecule has 1 heterocycles. The van der Waals surface area contributed by atoms with Crippen molar-refractivity contribution in [2.45, 2.75) is 31.9 Å². The second kappa shape index (κ2) is 6.40. The van der Waals surface area contributed by atoms with Crippen LogP contribution in [0.5, 0.6) is 5.75 Å². The van der Waals surface area contributed by atoms with Crippen LogP contribution in [-0.4, -0.2) is 25.7 Å². The van der Waals surface area contributed by atoms with Gasteiger partial charge in [-0.25, -0.2) is 0 Å². The van der Waals surface area contributed by atoms with Gasteiger partial charge < -0.3 is 14.8 Å². The second-order valence-electron chi connectivity index (χ2n) is 4.42. The van der Waals surface area contributed by atoms with Crippen molar-refractivity contribution < 1.29 is 14.3 Å². The molecule has 0 spiro atoms. The Morgan fingerprint density at radius 2 is 2.17 bits per heavy atom. The van der Waals surface area contributed by atoms with Crippen molar-refractivity contribution in [3.05, 3.63) is 29.8 Å². The van der Waals surface area contributed by atoms with Gasteiger partial charge in [0, 0.05) is 13.2 Å². The van der Waals surface area contributed by atoms with E-state index in [9.17, 15) is 4.79 Å². The molecule has 1 aliphatic heterocycles. The quantitative estimate of drug-likeness (QED) is 0.886. The lowest BCUT2D eigenvalue weighted by Crippen LogP contribution is -2.37. The largest absolute Gasteiger partial charge is 0.497 e. The Morgan fingerprint density at radius 3 is 2.78 bits per heavy atom. The third-order valence-electron chi connectivity index (χ3n) is 3.10. The Hall–Kier alpha value is -1.55. The minimum atomic E-state index is -0.267. The number of amides is 1. The average molecular weight is 249 g/mol. The van der Waals surface area contributed by atoms with Crippen molar-refractivity contribution in [3.63, 3.8) is 0 Å². The fourth-order valence-corrected chi connectivity index (χ4v) is 1.99. The maximum atomic E-state index is 11.8. The number of rotatable bonds is 4. The molecule has 1 unspecified atom stereocenters. The average Bonchev–Trinajstić information content (AvgIpc) is 2.46. The van der Waals surface area contributed by atoms with Gasteiger partial charge in [0.25, 0.3) is 0 Å². The lowest BCUT2D eigenvalue weighted by atomic mass is 10.1. The molecule has 18 heavy (non-hydrogen) atoms. The van der Waals surface area contributed by atoms with Crippen LogP contribution < -0.4 is 10.1 Å². The molecule has 0 bridgehead atoms. The van der Waals surface area contributed by atoms with Gasteiger partial charge in [-0.05, 0) is 37.0 Å². The van der Waals surface area contributed by atoms with E-state index in [1.165, 1.54) is 0 Å². The summed E-state index contributed by atoms with van der Waals surface area (Å²) in [7, 11) is 1.64. The summed E-state index contributed by atoms with van der Waals surface area (Å²) in [5, 5.41) is 2.90. The standard InChI is InChI=1S/C14H19NO3/c1-17-12-7-5-11(6-8-12)10-15-14(16)13-4-2-3-9-18-13/h5-8,13H,2-4,9-10H2,1H3,(H,15,16). The van der Waals surface area contributed by atoms with E-state index in [1.54, 1.807) is 7.11 Å². The zero-order valence-electron chi connectivity index (χ0n) is 10.6. The normalized spacial score (nSPS) is 19.3. The van der Waals surface area contributed by atoms with Gasteiger partial charge in [-0.2, -0.15) is 0 Å². The number of carbonyl (C=O) groups is 1. The molecular formula is C14H19NO3. The molecule has 1 atom stereocenters. The van der Waals surface area contributed by atoms with Gasteiger partial charge in [0.2, 0.25) is 5.91 Å². The van der Waals surface area contributed by atoms with Gasteiger partial charge in [0.15, 0.2) is 0 Å². The summed E-state index contributed by atoms with van der Waals surface area (Å²) < 4.78 is 10.5. The van der Waals surface area contributed by atoms with Crippen LogP contribution in [0.4, 0.5) is 0 Å². The molecule has 0 aliphatic carbocycles. The molecule has 1 fully saturated rings. The van der Waals surface area contributed by atoms with Crippen molar-refractivity contribution in [1.82, 2.24) is 5.32 Å². The van der Waals surface area contributed by atoms with Gasteiger partial charge >= 0.3 is 0 Å². The molecule has 1 amide bonds. The SMILES string of the molecule is COc1ccc(CNC(=O)C2CCCCO2)cc1. The molecule has 0 radical (unpaired) electrons. The highest BCUT2D eigenvalue weighted by Crippen LogP contribution is 2.14. The molecule has 1 aliphatic rings. The van der Waals surface area contributed by atoms with Crippen LogP contribution in [0.15, 0.2) is 24.3 Å². The Labute approximate surface area is 107 Å². The van der Waals surface area contributed by atoms with E-state index in [2.05, 4.69) is 5.32 Å². The fraction of sp³-hybridized carbons (Fsp3) is 0.500. The fourth-order valence-electron chi connectivity index (χ4n) is 1.99. The van der Waals surface area contributed by atoms with Crippen LogP contribution in [0, 0.1) is 0 Å². The summed E-state index contributed by atoms with van der Waals surface area (Å²) in [6.45, 7) is 1.23. The first-order valence-corrected chi connectivity index (χ1v) is 6.32. The van der Waals surface area contributed by atoms with Gasteiger partial charge in [-0.15, -0.1) is 0 Å². The Balaban J connectivity index is 1.80. The Morgan fingerprint density at radius 1 is 1.39 bits per heavy atom. The first kappa shape index (κ1) is 12.9. The number of methoxy groups -OCH3 is 1. The smallest absolute Gasteiger partial charge is 0.249 e. The molecule has 4 heteroatoms. The first-order valence-electron chi connectivity index (χ1n) is 6.32. The van der Waals surface area contributed by atoms with Crippen molar-refractivity contribution in [2.75, 3.05) is 13.7 Å². The van der Waals surface area contributed by atoms with E-state index in [4.69, 9.17) is 9.47 Å². The van der Waals surface area contributed by atoms with Crippen LogP contribution in [0.3, 0.4) is 0 Å². The van der Waals surface area contributed by atoms with Crippen molar-refractivity contribution >= 4 is 5.91 Å². The number of benzene rings is 1. The maximum absolute atomic E-state index is 11.8. The summed E-state index contributed by atoms with van der Waals surface area (Å²) in [6.07, 6.45) is 2.69. The minimum absolute atomic E-state index is 0.00878. The van der Waals surface area contributed by atoms with Crippen LogP contribution in [0.25, 0.3) is 0 Å². The molecule has 1 saturated heterocycles. The van der Waals surface area contributed by atoms with E-state index in [-0.39, 0.29) is 12.0 Å². The van der Waals surface area contributed by atoms with Crippen molar-refractivity contribution in [1.29, 1.82) is 0 Å². The Bertz CT molecular complexity index is 383. The second-order valence-corrected chi connectivity index (χ2v) is 4.42. The third kappa shape index (κ3) is 3.47. The van der Waals surface area contributed by atoms with Gasteiger partial charge in [0.1, 0.15) is 11.9 Å². The lowest BCUT2D eigenvalue weighted by Gasteiger charge is -2.21. The molecule has 2 rings (SSSR count). The van der Waals surface area contributed by atoms with E-state index >= 15 is 0 Å². The molecule has 4 nitrogen and oxygen atoms in total. The highest BCUT2D eigenvalue weighted by molar-refractivity contribution is 5.80. The van der Waals surface area contributed by atoms with Crippen molar-refractivity contribution in [2.24, 2.45) is 0 Å². The van der Waals surface area contributed by atoms with Crippen LogP contribution in [0.1, 0.15) is 24.8 Å². The summed E-state index contributed by atoms with van der Waals surface area (Å²) in [5.41, 5.74) is 1.06. The summed E-state index contributed by atoms with van der Waals surface area (Å²) in [5.74, 6) is 0.811. The zero-order chi connectivity index (χ0) is 12.8. The molecule has 1 aromatic carbocycles. The number of nitrogens with one attached hydrogen (secondary N) is 1. The van der Waals surface area contributed by atoms with Gasteiger partial charge in [-0.3, -0.25) is 4.79 Å². The molecule has 0 aromatic heterocycles. The van der Waals surface area contributed by atoms with Crippen LogP contribution >= 0.6 is 0 Å². The van der Waals surface area contributed by atoms with Gasteiger partial charge in [-0.1, -0.05) is 12.1 Å². The van der Waals surface area contributed by atoms with E-state index < -0.39 is 0 Å². The van der Waals surface area contributed by atoms with E-state index in [0.29, 0.717) is 13.2 Å². The summed E-state index contributed by atoms with van der Waals surface area (Å²) >= 11 is 0. The predicted octanol–water partition coefficient (Wildman–Crippen LogP) is 1.88. The minimum Gasteiger partial charge on any atom is -0.497 e. The molecule has 1 N–H and O–H groups in total. The van der Waals surface area contributed by atoms with Gasteiger partial charge in [0.05, 0.1) is 7.11 Å². The third-order valence-corrected chi connectivity index (χ3v) is 3.10. The Kier molecular flexibility index (Phi) is 4.59. The topological polar surface area (TPSA) is 47.6 Å². The summed E-state index contributed by atoms with van der Waals surface area (Å²) in [6, 6.07) is 7.67. The van der Waals surface area contributed by atoms with Crippen LogP contribution in [-0.2, 0) is 16.1 Å². The number of hydrogen-bond acceptors (Lipinski definition) is 3. The zero-order valence-corrected chi connectivity index (χ0v) is 10.6. The lowest BCUT2D eigenvalue weighted by molar-refractivity contribution is -0.135. The van der Waals surface area contributed by atoms with E-state index in [0.717, 1.165) is 30.6 Å². The predicted molar refractivity (Wildman–Crippen MR) is 68.4 cm³/mol. The monoisotopic (exact) mass is 249 g/mol. The van der Waals surface area contributed by atoms with Crippen LogP contribution in [0.2, 0.25) is 0 Å². The van der Waals surface area contributed by atoms with Crippen molar-refractivity contribution in [3.8, 4) is 5.75 Å².